The van der Waals surface area contributed by atoms with Crippen LogP contribution >= 0.6 is 0 Å². The molecular weight excluding hydrogens is 211 g/mol. The molecule has 0 spiro atoms. The summed E-state index contributed by atoms with van der Waals surface area (Å²) in [6.07, 6.45) is 3.32. The Hall–Kier alpha value is -1.88. The fraction of sp³-hybridized carbons (Fsp3) is 0.182. The molecule has 0 bridgehead atoms. The molecule has 0 aliphatic carbocycles. The van der Waals surface area contributed by atoms with Crippen LogP contribution in [0.5, 0.6) is 5.75 Å². The van der Waals surface area contributed by atoms with Crippen LogP contribution in [0.25, 0.3) is 0 Å². The highest BCUT2D eigenvalue weighted by atomic mass is 19.1. The standard InChI is InChI=1S/C11H13FN2O2/c12-8-4-3-5-9(15)10(8)11(16)14-7-2-1-6-13/h1-5,15H,6-7,13H2,(H,14,16)/b2-1+. The topological polar surface area (TPSA) is 75.3 Å². The monoisotopic (exact) mass is 224 g/mol. The fourth-order valence-electron chi connectivity index (χ4n) is 1.16. The van der Waals surface area contributed by atoms with Crippen LogP contribution in [0.3, 0.4) is 0 Å². The van der Waals surface area contributed by atoms with Crippen LogP contribution in [-0.4, -0.2) is 24.1 Å². The zero-order valence-electron chi connectivity index (χ0n) is 8.61. The number of aromatic hydroxyl groups is 1. The summed E-state index contributed by atoms with van der Waals surface area (Å²) in [5, 5.41) is 11.8. The lowest BCUT2D eigenvalue weighted by atomic mass is 10.1. The van der Waals surface area contributed by atoms with E-state index in [1.54, 1.807) is 12.2 Å². The molecule has 0 aliphatic rings. The molecule has 0 saturated carbocycles. The Bertz CT molecular complexity index is 385. The van der Waals surface area contributed by atoms with E-state index in [4.69, 9.17) is 5.73 Å². The second-order valence-corrected chi connectivity index (χ2v) is 3.05. The van der Waals surface area contributed by atoms with Gasteiger partial charge in [-0.1, -0.05) is 18.2 Å². The van der Waals surface area contributed by atoms with Crippen molar-refractivity contribution in [3.05, 3.63) is 41.7 Å². The van der Waals surface area contributed by atoms with E-state index in [1.165, 1.54) is 12.1 Å². The van der Waals surface area contributed by atoms with Gasteiger partial charge in [0.25, 0.3) is 5.91 Å². The second kappa shape index (κ2) is 5.87. The summed E-state index contributed by atoms with van der Waals surface area (Å²) in [6.45, 7) is 0.616. The molecule has 0 aromatic heterocycles. The van der Waals surface area contributed by atoms with Crippen LogP contribution in [0.15, 0.2) is 30.4 Å². The molecule has 1 rings (SSSR count). The van der Waals surface area contributed by atoms with E-state index in [0.29, 0.717) is 6.54 Å². The number of benzene rings is 1. The van der Waals surface area contributed by atoms with Gasteiger partial charge in [0.2, 0.25) is 0 Å². The Morgan fingerprint density at radius 2 is 2.25 bits per heavy atom. The molecular formula is C11H13FN2O2. The quantitative estimate of drug-likeness (QED) is 0.661. The summed E-state index contributed by atoms with van der Waals surface area (Å²) in [5.41, 5.74) is 4.86. The average Bonchev–Trinajstić information content (AvgIpc) is 2.24. The predicted molar refractivity (Wildman–Crippen MR) is 58.6 cm³/mol. The smallest absolute Gasteiger partial charge is 0.258 e. The molecule has 0 aliphatic heterocycles. The van der Waals surface area contributed by atoms with Crippen LogP contribution < -0.4 is 11.1 Å². The molecule has 1 aromatic carbocycles. The van der Waals surface area contributed by atoms with Gasteiger partial charge in [-0.3, -0.25) is 4.79 Å². The minimum absolute atomic E-state index is 0.240. The molecule has 0 saturated heterocycles. The second-order valence-electron chi connectivity index (χ2n) is 3.05. The van der Waals surface area contributed by atoms with Crippen LogP contribution in [0.1, 0.15) is 10.4 Å². The Balaban J connectivity index is 2.70. The Morgan fingerprint density at radius 3 is 2.88 bits per heavy atom. The van der Waals surface area contributed by atoms with E-state index >= 15 is 0 Å². The van der Waals surface area contributed by atoms with Crippen molar-refractivity contribution in [3.8, 4) is 5.75 Å². The van der Waals surface area contributed by atoms with Crippen molar-refractivity contribution in [2.45, 2.75) is 0 Å². The Kier molecular flexibility index (Phi) is 4.47. The van der Waals surface area contributed by atoms with Gasteiger partial charge in [0, 0.05) is 13.1 Å². The molecule has 16 heavy (non-hydrogen) atoms. The summed E-state index contributed by atoms with van der Waals surface area (Å²) < 4.78 is 13.2. The average molecular weight is 224 g/mol. The van der Waals surface area contributed by atoms with Crippen molar-refractivity contribution in [3.63, 3.8) is 0 Å². The molecule has 1 aromatic rings. The van der Waals surface area contributed by atoms with E-state index in [0.717, 1.165) is 6.07 Å². The molecule has 0 radical (unpaired) electrons. The van der Waals surface area contributed by atoms with Gasteiger partial charge in [-0.15, -0.1) is 0 Å². The van der Waals surface area contributed by atoms with Crippen LogP contribution in [0.2, 0.25) is 0 Å². The number of nitrogens with two attached hydrogens (primary N) is 1. The third kappa shape index (κ3) is 3.06. The SMILES string of the molecule is NC/C=C/CNC(=O)c1c(O)cccc1F. The third-order valence-electron chi connectivity index (χ3n) is 1.90. The third-order valence-corrected chi connectivity index (χ3v) is 1.90. The summed E-state index contributed by atoms with van der Waals surface area (Å²) in [5.74, 6) is -1.78. The molecule has 0 heterocycles. The van der Waals surface area contributed by atoms with E-state index in [2.05, 4.69) is 5.32 Å². The molecule has 4 N–H and O–H groups in total. The highest BCUT2D eigenvalue weighted by Crippen LogP contribution is 2.19. The van der Waals surface area contributed by atoms with Crippen molar-refractivity contribution < 1.29 is 14.3 Å². The van der Waals surface area contributed by atoms with Crippen molar-refractivity contribution in [1.29, 1.82) is 0 Å². The highest BCUT2D eigenvalue weighted by Gasteiger charge is 2.15. The first kappa shape index (κ1) is 12.2. The van der Waals surface area contributed by atoms with Crippen molar-refractivity contribution in [2.24, 2.45) is 5.73 Å². The maximum absolute atomic E-state index is 13.2. The van der Waals surface area contributed by atoms with Crippen molar-refractivity contribution in [1.82, 2.24) is 5.32 Å². The molecule has 0 fully saturated rings. The number of amides is 1. The lowest BCUT2D eigenvalue weighted by molar-refractivity contribution is 0.0951. The fourth-order valence-corrected chi connectivity index (χ4v) is 1.16. The number of carbonyl (C=O) groups is 1. The number of hydrogen-bond donors (Lipinski definition) is 3. The normalized spacial score (nSPS) is 10.6. The largest absolute Gasteiger partial charge is 0.507 e. The van der Waals surface area contributed by atoms with Crippen LogP contribution in [0, 0.1) is 5.82 Å². The van der Waals surface area contributed by atoms with Crippen LogP contribution in [-0.2, 0) is 0 Å². The van der Waals surface area contributed by atoms with E-state index in [9.17, 15) is 14.3 Å². The number of carbonyl (C=O) groups excluding carboxylic acids is 1. The summed E-state index contributed by atoms with van der Waals surface area (Å²) in [6, 6.07) is 3.70. The number of halogens is 1. The first-order chi connectivity index (χ1) is 7.66. The molecule has 4 nitrogen and oxygen atoms in total. The van der Waals surface area contributed by atoms with E-state index < -0.39 is 11.7 Å². The van der Waals surface area contributed by atoms with Gasteiger partial charge < -0.3 is 16.2 Å². The van der Waals surface area contributed by atoms with E-state index in [-0.39, 0.29) is 17.9 Å². The predicted octanol–water partition coefficient (Wildman–Crippen LogP) is 0.776. The minimum atomic E-state index is -0.750. The number of phenolic OH excluding ortho intramolecular Hbond substituents is 1. The van der Waals surface area contributed by atoms with Gasteiger partial charge >= 0.3 is 0 Å². The molecule has 0 atom stereocenters. The zero-order chi connectivity index (χ0) is 12.0. The minimum Gasteiger partial charge on any atom is -0.507 e. The Labute approximate surface area is 92.6 Å². The first-order valence-corrected chi connectivity index (χ1v) is 4.77. The lowest BCUT2D eigenvalue weighted by Gasteiger charge is -2.05. The summed E-state index contributed by atoms with van der Waals surface area (Å²) >= 11 is 0. The Morgan fingerprint density at radius 1 is 1.50 bits per heavy atom. The number of hydrogen-bond acceptors (Lipinski definition) is 3. The summed E-state index contributed by atoms with van der Waals surface area (Å²) in [4.78, 5) is 11.5. The summed E-state index contributed by atoms with van der Waals surface area (Å²) in [7, 11) is 0. The van der Waals surface area contributed by atoms with Gasteiger partial charge in [-0.25, -0.2) is 4.39 Å². The maximum atomic E-state index is 13.2. The van der Waals surface area contributed by atoms with Gasteiger partial charge in [-0.2, -0.15) is 0 Å². The molecule has 1 amide bonds. The maximum Gasteiger partial charge on any atom is 0.258 e. The van der Waals surface area contributed by atoms with E-state index in [1.807, 2.05) is 0 Å². The zero-order valence-corrected chi connectivity index (χ0v) is 8.61. The van der Waals surface area contributed by atoms with Crippen molar-refractivity contribution in [2.75, 3.05) is 13.1 Å². The number of phenols is 1. The highest BCUT2D eigenvalue weighted by molar-refractivity contribution is 5.97. The van der Waals surface area contributed by atoms with Crippen molar-refractivity contribution >= 4 is 5.91 Å². The van der Waals surface area contributed by atoms with Crippen LogP contribution in [0.4, 0.5) is 4.39 Å². The van der Waals surface area contributed by atoms with Gasteiger partial charge in [-0.05, 0) is 12.1 Å². The number of nitrogens with one attached hydrogen (secondary N) is 1. The van der Waals surface area contributed by atoms with Gasteiger partial charge in [0.15, 0.2) is 0 Å². The van der Waals surface area contributed by atoms with Gasteiger partial charge in [0.1, 0.15) is 17.1 Å². The molecule has 5 heteroatoms. The molecule has 0 unspecified atom stereocenters. The van der Waals surface area contributed by atoms with Gasteiger partial charge in [0.05, 0.1) is 0 Å². The number of rotatable bonds is 4. The first-order valence-electron chi connectivity index (χ1n) is 4.77. The lowest BCUT2D eigenvalue weighted by Crippen LogP contribution is -2.24. The molecule has 86 valence electrons.